The Labute approximate surface area is 446 Å². The molecule has 0 saturated heterocycles. The van der Waals surface area contributed by atoms with Crippen LogP contribution in [0.2, 0.25) is 30.1 Å². The Morgan fingerprint density at radius 1 is 0.521 bits per heavy atom. The van der Waals surface area contributed by atoms with Gasteiger partial charge in [-0.05, 0) is 97.8 Å². The lowest BCUT2D eigenvalue weighted by atomic mass is 9.96. The van der Waals surface area contributed by atoms with E-state index in [2.05, 4.69) is 10.6 Å². The third-order valence-corrected chi connectivity index (χ3v) is 12.8. The minimum absolute atomic E-state index is 0.0372. The molecule has 4 aromatic heterocycles. The second-order valence-corrected chi connectivity index (χ2v) is 19.0. The zero-order valence-corrected chi connectivity index (χ0v) is 44.0. The second-order valence-electron chi connectivity index (χ2n) is 16.4. The molecule has 0 unspecified atom stereocenters. The molecule has 0 aliphatic heterocycles. The number of carbonyl (C=O) groups is 5. The fourth-order valence-corrected chi connectivity index (χ4v) is 9.29. The van der Waals surface area contributed by atoms with Crippen LogP contribution in [0.1, 0.15) is 55.3 Å². The number of nitrogens with one attached hydrogen (secondary N) is 2. The number of nitrogens with zero attached hydrogens (tertiary/aromatic N) is 4. The van der Waals surface area contributed by atoms with Gasteiger partial charge in [0.25, 0.3) is 11.1 Å². The minimum atomic E-state index is -0.689. The first-order valence-corrected chi connectivity index (χ1v) is 24.1. The Kier molecular flexibility index (Phi) is 16.6. The third-order valence-electron chi connectivity index (χ3n) is 11.2. The maximum atomic E-state index is 13.6. The standard InChI is InChI=1S/C28H22Cl3N3O5.C25H18Cl3N3O3/c1-14(35)24-26(32-15(2)36)22-13-21(17-4-6-18(29)7-5-17)25(20-9-8-19(30)12-23(20)31)33-27(22)34(28(24)38)10-11-39-16(3)37;1-12(32)21-23(29-13(2)33)19-11-18(14-4-6-15(26)7-5-14)22(30-24(19)31(3)25(21)34)17-9-8-16(27)10-20(17)28/h4-9,12-13H,10-11H2,1-3H3,(H,32,36);4-11H,1-3H3,(H,29,33). The van der Waals surface area contributed by atoms with Gasteiger partial charge in [0.2, 0.25) is 11.8 Å². The first-order valence-electron chi connectivity index (χ1n) is 21.9. The molecule has 2 amide bonds. The number of benzene rings is 4. The number of hydrogen-bond donors (Lipinski definition) is 2. The quantitative estimate of drug-likeness (QED) is 0.0931. The van der Waals surface area contributed by atoms with Crippen molar-refractivity contribution in [2.45, 2.75) is 41.2 Å². The molecule has 0 aliphatic carbocycles. The normalized spacial score (nSPS) is 11.0. The molecular weight excluding hydrogens is 1060 g/mol. The largest absolute Gasteiger partial charge is 0.464 e. The van der Waals surface area contributed by atoms with E-state index < -0.39 is 40.5 Å². The van der Waals surface area contributed by atoms with Crippen LogP contribution in [-0.2, 0) is 32.7 Å². The number of aryl methyl sites for hydroxylation is 1. The number of halogens is 6. The lowest BCUT2D eigenvalue weighted by Gasteiger charge is -2.20. The van der Waals surface area contributed by atoms with Crippen LogP contribution in [0.25, 0.3) is 66.8 Å². The fourth-order valence-electron chi connectivity index (χ4n) is 8.04. The predicted octanol–water partition coefficient (Wildman–Crippen LogP) is 12.8. The van der Waals surface area contributed by atoms with Crippen LogP contribution < -0.4 is 21.8 Å². The summed E-state index contributed by atoms with van der Waals surface area (Å²) in [6, 6.07) is 27.6. The summed E-state index contributed by atoms with van der Waals surface area (Å²) in [4.78, 5) is 97.0. The van der Waals surface area contributed by atoms with Crippen LogP contribution in [-0.4, -0.2) is 55.1 Å². The van der Waals surface area contributed by atoms with Gasteiger partial charge in [-0.2, -0.15) is 0 Å². The van der Waals surface area contributed by atoms with E-state index in [4.69, 9.17) is 84.3 Å². The van der Waals surface area contributed by atoms with Gasteiger partial charge in [0.15, 0.2) is 11.6 Å². The molecule has 0 bridgehead atoms. The number of ketones is 2. The predicted molar refractivity (Wildman–Crippen MR) is 290 cm³/mol. The number of esters is 1. The summed E-state index contributed by atoms with van der Waals surface area (Å²) in [5.41, 5.74) is 3.77. The number of aromatic nitrogens is 4. The Hall–Kier alpha value is -6.91. The molecule has 20 heteroatoms. The van der Waals surface area contributed by atoms with E-state index in [0.717, 1.165) is 5.56 Å². The van der Waals surface area contributed by atoms with E-state index in [1.165, 1.54) is 50.8 Å². The summed E-state index contributed by atoms with van der Waals surface area (Å²) in [5, 5.41) is 8.73. The Morgan fingerprint density at radius 3 is 1.32 bits per heavy atom. The maximum Gasteiger partial charge on any atom is 0.302 e. The third kappa shape index (κ3) is 11.7. The van der Waals surface area contributed by atoms with Crippen LogP contribution >= 0.6 is 69.6 Å². The van der Waals surface area contributed by atoms with E-state index in [0.29, 0.717) is 80.1 Å². The molecule has 372 valence electrons. The molecule has 8 aromatic rings. The molecule has 8 rings (SSSR count). The van der Waals surface area contributed by atoms with Crippen molar-refractivity contribution in [3.63, 3.8) is 0 Å². The first kappa shape index (κ1) is 53.9. The van der Waals surface area contributed by atoms with Crippen molar-refractivity contribution in [1.82, 2.24) is 19.1 Å². The highest BCUT2D eigenvalue weighted by atomic mass is 35.5. The summed E-state index contributed by atoms with van der Waals surface area (Å²) < 4.78 is 7.60. The minimum Gasteiger partial charge on any atom is -0.464 e. The van der Waals surface area contributed by atoms with Crippen LogP contribution in [0, 0.1) is 0 Å². The van der Waals surface area contributed by atoms with Crippen LogP contribution in [0.5, 0.6) is 0 Å². The molecule has 4 heterocycles. The van der Waals surface area contributed by atoms with Gasteiger partial charge in [-0.1, -0.05) is 93.9 Å². The van der Waals surface area contributed by atoms with Crippen molar-refractivity contribution in [3.8, 4) is 44.8 Å². The summed E-state index contributed by atoms with van der Waals surface area (Å²) in [7, 11) is 1.52. The zero-order chi connectivity index (χ0) is 53.2. The zero-order valence-electron chi connectivity index (χ0n) is 39.5. The van der Waals surface area contributed by atoms with Crippen LogP contribution in [0.4, 0.5) is 11.4 Å². The summed E-state index contributed by atoms with van der Waals surface area (Å²) in [6.07, 6.45) is 0. The number of amides is 2. The number of hydrogen-bond acceptors (Lipinski definition) is 10. The van der Waals surface area contributed by atoms with Crippen LogP contribution in [0.3, 0.4) is 0 Å². The van der Waals surface area contributed by atoms with Gasteiger partial charge in [-0.3, -0.25) is 42.7 Å². The van der Waals surface area contributed by atoms with E-state index in [1.807, 2.05) is 12.1 Å². The molecule has 0 aliphatic rings. The Bertz CT molecular complexity index is 3730. The topological polar surface area (TPSA) is 188 Å². The van der Waals surface area contributed by atoms with Crippen LogP contribution in [0.15, 0.2) is 107 Å². The van der Waals surface area contributed by atoms with Crippen molar-refractivity contribution in [3.05, 3.63) is 159 Å². The number of fused-ring (bicyclic) bond motifs is 2. The lowest BCUT2D eigenvalue weighted by molar-refractivity contribution is -0.141. The molecular formula is C53H40Cl6N6O8. The molecule has 0 radical (unpaired) electrons. The molecule has 2 N–H and O–H groups in total. The van der Waals surface area contributed by atoms with Gasteiger partial charge in [-0.15, -0.1) is 0 Å². The maximum absolute atomic E-state index is 13.6. The molecule has 0 fully saturated rings. The van der Waals surface area contributed by atoms with Gasteiger partial charge in [0.1, 0.15) is 29.0 Å². The summed E-state index contributed by atoms with van der Waals surface area (Å²) >= 11 is 37.6. The van der Waals surface area contributed by atoms with Gasteiger partial charge in [-0.25, -0.2) is 9.97 Å². The number of ether oxygens (including phenoxy) is 1. The van der Waals surface area contributed by atoms with Crippen molar-refractivity contribution >= 4 is 132 Å². The number of anilines is 2. The van der Waals surface area contributed by atoms with Gasteiger partial charge in [0, 0.05) is 80.9 Å². The highest BCUT2D eigenvalue weighted by Gasteiger charge is 2.27. The van der Waals surface area contributed by atoms with Gasteiger partial charge >= 0.3 is 5.97 Å². The molecule has 0 atom stereocenters. The number of carbonyl (C=O) groups excluding carboxylic acids is 5. The molecule has 14 nitrogen and oxygen atoms in total. The molecule has 73 heavy (non-hydrogen) atoms. The van der Waals surface area contributed by atoms with E-state index >= 15 is 0 Å². The number of Topliss-reactive ketones (excluding diaryl/α,β-unsaturated/α-hetero) is 2. The monoisotopic (exact) mass is 1100 g/mol. The summed E-state index contributed by atoms with van der Waals surface area (Å²) in [6.45, 7) is 6.12. The number of pyridine rings is 4. The van der Waals surface area contributed by atoms with Crippen molar-refractivity contribution in [1.29, 1.82) is 0 Å². The second kappa shape index (κ2) is 22.5. The average Bonchev–Trinajstić information content (AvgIpc) is 3.31. The van der Waals surface area contributed by atoms with Gasteiger partial charge < -0.3 is 15.4 Å². The summed E-state index contributed by atoms with van der Waals surface area (Å²) in [5.74, 6) is -2.45. The first-order chi connectivity index (χ1) is 34.6. The Balaban J connectivity index is 0.000000216. The van der Waals surface area contributed by atoms with Crippen molar-refractivity contribution < 1.29 is 28.7 Å². The average molecular weight is 1100 g/mol. The molecule has 4 aromatic carbocycles. The van der Waals surface area contributed by atoms with E-state index in [-0.39, 0.29) is 46.9 Å². The smallest absolute Gasteiger partial charge is 0.302 e. The highest BCUT2D eigenvalue weighted by Crippen LogP contribution is 2.42. The van der Waals surface area contributed by atoms with E-state index in [9.17, 15) is 33.6 Å². The molecule has 0 spiro atoms. The van der Waals surface area contributed by atoms with E-state index in [1.54, 1.807) is 84.9 Å². The fraction of sp³-hybridized carbons (Fsp3) is 0.151. The SMILES string of the molecule is CC(=O)Nc1c(C(C)=O)c(=O)n(C)c2nc(-c3ccc(Cl)cc3Cl)c(-c3ccc(Cl)cc3)cc12.CC(=O)Nc1c(C(C)=O)c(=O)n(CCOC(C)=O)c2nc(-c3ccc(Cl)cc3Cl)c(-c3ccc(Cl)cc3)cc12. The molecule has 0 saturated carbocycles. The number of rotatable bonds is 11. The van der Waals surface area contributed by atoms with Gasteiger partial charge in [0.05, 0.1) is 39.4 Å². The Morgan fingerprint density at radius 2 is 0.918 bits per heavy atom. The highest BCUT2D eigenvalue weighted by molar-refractivity contribution is 6.37. The van der Waals surface area contributed by atoms with Crippen molar-refractivity contribution in [2.75, 3.05) is 17.2 Å². The van der Waals surface area contributed by atoms with Crippen molar-refractivity contribution in [2.24, 2.45) is 7.05 Å². The lowest BCUT2D eigenvalue weighted by Crippen LogP contribution is -2.30.